The van der Waals surface area contributed by atoms with Crippen molar-refractivity contribution in [2.24, 2.45) is 5.92 Å². The van der Waals surface area contributed by atoms with E-state index in [1.807, 2.05) is 0 Å². The number of hydrogen-bond donors (Lipinski definition) is 2. The molecule has 4 heterocycles. The van der Waals surface area contributed by atoms with Gasteiger partial charge in [-0.25, -0.2) is 4.39 Å². The van der Waals surface area contributed by atoms with Crippen LogP contribution in [0, 0.1) is 23.1 Å². The van der Waals surface area contributed by atoms with E-state index in [0.29, 0.717) is 44.6 Å². The van der Waals surface area contributed by atoms with E-state index < -0.39 is 0 Å². The van der Waals surface area contributed by atoms with Gasteiger partial charge in [-0.15, -0.1) is 0 Å². The average Bonchev–Trinajstić information content (AvgIpc) is 3.52. The normalized spacial score (nSPS) is 36.1. The van der Waals surface area contributed by atoms with Crippen LogP contribution in [0.1, 0.15) is 44.1 Å². The summed E-state index contributed by atoms with van der Waals surface area (Å²) in [6.45, 7) is 7.30. The van der Waals surface area contributed by atoms with E-state index in [2.05, 4.69) is 40.1 Å². The molecule has 1 saturated carbocycles. The van der Waals surface area contributed by atoms with Crippen molar-refractivity contribution in [3.8, 4) is 11.8 Å². The number of amides is 1. The second-order valence-electron chi connectivity index (χ2n) is 12.2. The lowest BCUT2D eigenvalue weighted by atomic mass is 9.71. The Morgan fingerprint density at radius 2 is 2.17 bits per heavy atom. The first kappa shape index (κ1) is 27.6. The first-order valence-corrected chi connectivity index (χ1v) is 14.7. The molecule has 216 valence electrons. The van der Waals surface area contributed by atoms with Crippen LogP contribution in [0.4, 0.5) is 4.39 Å². The standard InChI is InChI=1S/C30H41FN6O3/c1-3-27(38)37-14-13-36(18-22(37)9-11-32)28-24-8-10-30(16-20-15-21(31)6-7-26(20)40-30)17-25(24)33-29(34-28)39-19-23-5-4-12-35(23)2/h3,6-7,15,22-25,28-29,33-34H,1,4-5,8-10,12-14,16-19H2,2H3/t22?,23?,24?,25?,28?,29?,30-/m1/s1. The zero-order valence-corrected chi connectivity index (χ0v) is 23.4. The van der Waals surface area contributed by atoms with Crippen molar-refractivity contribution >= 4 is 5.91 Å². The highest BCUT2D eigenvalue weighted by Crippen LogP contribution is 2.46. The molecule has 1 aliphatic carbocycles. The molecule has 6 unspecified atom stereocenters. The molecule has 9 nitrogen and oxygen atoms in total. The molecule has 7 atom stereocenters. The number of piperazine rings is 1. The molecule has 0 bridgehead atoms. The minimum atomic E-state index is -0.346. The molecule has 1 amide bonds. The Labute approximate surface area is 236 Å². The summed E-state index contributed by atoms with van der Waals surface area (Å²) < 4.78 is 27.0. The van der Waals surface area contributed by atoms with E-state index in [0.717, 1.165) is 43.5 Å². The summed E-state index contributed by atoms with van der Waals surface area (Å²) in [6, 6.07) is 7.49. The van der Waals surface area contributed by atoms with Gasteiger partial charge in [-0.3, -0.25) is 20.3 Å². The highest BCUT2D eigenvalue weighted by molar-refractivity contribution is 5.87. The van der Waals surface area contributed by atoms with Crippen molar-refractivity contribution in [2.75, 3.05) is 39.8 Å². The van der Waals surface area contributed by atoms with Crippen LogP contribution in [0.3, 0.4) is 0 Å². The minimum Gasteiger partial charge on any atom is -0.487 e. The van der Waals surface area contributed by atoms with Gasteiger partial charge in [0.1, 0.15) is 17.2 Å². The van der Waals surface area contributed by atoms with E-state index in [1.54, 1.807) is 17.0 Å². The number of ether oxygens (including phenoxy) is 2. The molecule has 40 heavy (non-hydrogen) atoms. The summed E-state index contributed by atoms with van der Waals surface area (Å²) in [6.07, 6.45) is 7.04. The number of carbonyl (C=O) groups is 1. The molecule has 0 radical (unpaired) electrons. The second-order valence-corrected chi connectivity index (χ2v) is 12.2. The molecule has 1 aromatic rings. The first-order valence-electron chi connectivity index (χ1n) is 14.7. The van der Waals surface area contributed by atoms with Crippen molar-refractivity contribution in [1.29, 1.82) is 5.26 Å². The Hall–Kier alpha value is -2.55. The van der Waals surface area contributed by atoms with Crippen LogP contribution in [0.5, 0.6) is 5.75 Å². The molecule has 0 aromatic heterocycles. The van der Waals surface area contributed by atoms with Gasteiger partial charge < -0.3 is 19.3 Å². The lowest BCUT2D eigenvalue weighted by molar-refractivity contribution is -0.138. The summed E-state index contributed by atoms with van der Waals surface area (Å²) in [5.41, 5.74) is 0.601. The number of benzene rings is 1. The van der Waals surface area contributed by atoms with Crippen LogP contribution >= 0.6 is 0 Å². The first-order chi connectivity index (χ1) is 19.4. The summed E-state index contributed by atoms with van der Waals surface area (Å²) in [5.74, 6) is 0.754. The maximum absolute atomic E-state index is 14.0. The van der Waals surface area contributed by atoms with Crippen molar-refractivity contribution in [2.45, 2.75) is 81.2 Å². The molecule has 1 aromatic carbocycles. The number of nitrogens with zero attached hydrogens (tertiary/aromatic N) is 4. The third-order valence-corrected chi connectivity index (χ3v) is 9.82. The summed E-state index contributed by atoms with van der Waals surface area (Å²) in [7, 11) is 2.16. The topological polar surface area (TPSA) is 93.1 Å². The van der Waals surface area contributed by atoms with Gasteiger partial charge in [0.05, 0.1) is 31.3 Å². The van der Waals surface area contributed by atoms with Gasteiger partial charge >= 0.3 is 0 Å². The van der Waals surface area contributed by atoms with Gasteiger partial charge in [-0.05, 0) is 63.6 Å². The quantitative estimate of drug-likeness (QED) is 0.519. The molecule has 6 rings (SSSR count). The highest BCUT2D eigenvalue weighted by Gasteiger charge is 2.52. The zero-order valence-electron chi connectivity index (χ0n) is 23.4. The zero-order chi connectivity index (χ0) is 27.9. The molecule has 4 fully saturated rings. The summed E-state index contributed by atoms with van der Waals surface area (Å²) >= 11 is 0. The third-order valence-electron chi connectivity index (χ3n) is 9.82. The lowest BCUT2D eigenvalue weighted by Gasteiger charge is -2.54. The summed E-state index contributed by atoms with van der Waals surface area (Å²) in [5, 5.41) is 17.0. The van der Waals surface area contributed by atoms with E-state index in [4.69, 9.17) is 9.47 Å². The van der Waals surface area contributed by atoms with Crippen molar-refractivity contribution in [3.05, 3.63) is 42.2 Å². The van der Waals surface area contributed by atoms with Gasteiger partial charge in [0, 0.05) is 56.0 Å². The maximum atomic E-state index is 14.0. The minimum absolute atomic E-state index is 0.0401. The van der Waals surface area contributed by atoms with Crippen LogP contribution in [-0.2, 0) is 16.0 Å². The van der Waals surface area contributed by atoms with E-state index in [9.17, 15) is 14.4 Å². The number of fused-ring (bicyclic) bond motifs is 2. The molecule has 4 aliphatic heterocycles. The number of nitriles is 1. The van der Waals surface area contributed by atoms with Gasteiger partial charge in [0.2, 0.25) is 5.91 Å². The Bertz CT molecular complexity index is 1160. The van der Waals surface area contributed by atoms with Crippen molar-refractivity contribution in [1.82, 2.24) is 25.3 Å². The monoisotopic (exact) mass is 552 g/mol. The molecular weight excluding hydrogens is 511 g/mol. The fourth-order valence-electron chi connectivity index (χ4n) is 7.71. The maximum Gasteiger partial charge on any atom is 0.246 e. The Balaban J connectivity index is 1.20. The van der Waals surface area contributed by atoms with Crippen molar-refractivity contribution < 1.29 is 18.7 Å². The Morgan fingerprint density at radius 3 is 2.95 bits per heavy atom. The molecule has 10 heteroatoms. The number of likely N-dealkylation sites (tertiary alicyclic amines) is 1. The van der Waals surface area contributed by atoms with Gasteiger partial charge in [-0.1, -0.05) is 6.58 Å². The van der Waals surface area contributed by atoms with Crippen LogP contribution < -0.4 is 15.4 Å². The van der Waals surface area contributed by atoms with Crippen molar-refractivity contribution in [3.63, 3.8) is 0 Å². The number of rotatable bonds is 6. The van der Waals surface area contributed by atoms with Gasteiger partial charge in [-0.2, -0.15) is 5.26 Å². The molecule has 1 spiro atoms. The van der Waals surface area contributed by atoms with Crippen LogP contribution in [-0.4, -0.2) is 96.7 Å². The lowest BCUT2D eigenvalue weighted by Crippen LogP contribution is -2.73. The molecule has 3 saturated heterocycles. The Kier molecular flexibility index (Phi) is 7.85. The van der Waals surface area contributed by atoms with Gasteiger partial charge in [0.25, 0.3) is 0 Å². The van der Waals surface area contributed by atoms with Crippen LogP contribution in [0.15, 0.2) is 30.9 Å². The second kappa shape index (κ2) is 11.4. The van der Waals surface area contributed by atoms with E-state index >= 15 is 0 Å². The smallest absolute Gasteiger partial charge is 0.246 e. The van der Waals surface area contributed by atoms with E-state index in [-0.39, 0.29) is 48.3 Å². The molecular formula is C30H41FN6O3. The number of hydrogen-bond acceptors (Lipinski definition) is 8. The highest BCUT2D eigenvalue weighted by atomic mass is 19.1. The molecule has 2 N–H and O–H groups in total. The molecule has 5 aliphatic rings. The SMILES string of the molecule is C=CC(=O)N1CCN(C2NC(OCC3CCCN3C)NC3C[C@@]4(CCC32)Cc2cc(F)ccc2O4)CC1CC#N. The number of carbonyl (C=O) groups excluding carboxylic acids is 1. The predicted molar refractivity (Wildman–Crippen MR) is 148 cm³/mol. The summed E-state index contributed by atoms with van der Waals surface area (Å²) in [4.78, 5) is 19.1. The number of likely N-dealkylation sites (N-methyl/N-ethyl adjacent to an activating group) is 1. The Morgan fingerprint density at radius 1 is 1.30 bits per heavy atom. The van der Waals surface area contributed by atoms with E-state index in [1.165, 1.54) is 18.6 Å². The largest absolute Gasteiger partial charge is 0.487 e. The number of halogens is 1. The average molecular weight is 553 g/mol. The van der Waals surface area contributed by atoms with Gasteiger partial charge in [0.15, 0.2) is 6.35 Å². The van der Waals surface area contributed by atoms with Crippen LogP contribution in [0.25, 0.3) is 0 Å². The fourth-order valence-corrected chi connectivity index (χ4v) is 7.71. The fraction of sp³-hybridized carbons (Fsp3) is 0.667. The number of nitrogens with one attached hydrogen (secondary N) is 2. The van der Waals surface area contributed by atoms with Crippen LogP contribution in [0.2, 0.25) is 0 Å². The predicted octanol–water partition coefficient (Wildman–Crippen LogP) is 2.19. The third kappa shape index (κ3) is 5.38.